The highest BCUT2D eigenvalue weighted by Gasteiger charge is 2.57. The van der Waals surface area contributed by atoms with E-state index in [9.17, 15) is 4.79 Å². The summed E-state index contributed by atoms with van der Waals surface area (Å²) in [4.78, 5) is 12.8. The van der Waals surface area contributed by atoms with Crippen LogP contribution in [0, 0.1) is 23.2 Å². The van der Waals surface area contributed by atoms with Crippen LogP contribution in [0.25, 0.3) is 0 Å². The highest BCUT2D eigenvalue weighted by molar-refractivity contribution is 6.99. The van der Waals surface area contributed by atoms with Crippen molar-refractivity contribution in [3.63, 3.8) is 0 Å². The average Bonchev–Trinajstić information content (AvgIpc) is 3.27. The topological polar surface area (TPSA) is 26.3 Å². The predicted molar refractivity (Wildman–Crippen MR) is 131 cm³/mol. The van der Waals surface area contributed by atoms with Gasteiger partial charge in [0.2, 0.25) is 0 Å². The maximum absolute atomic E-state index is 12.8. The molecule has 1 saturated carbocycles. The van der Waals surface area contributed by atoms with Crippen molar-refractivity contribution in [1.29, 1.82) is 0 Å². The largest absolute Gasteiger partial charge is 0.407 e. The first kappa shape index (κ1) is 22.0. The van der Waals surface area contributed by atoms with Gasteiger partial charge in [0.1, 0.15) is 0 Å². The fourth-order valence-electron chi connectivity index (χ4n) is 6.05. The molecule has 0 bridgehead atoms. The Morgan fingerprint density at radius 3 is 2.10 bits per heavy atom. The van der Waals surface area contributed by atoms with Gasteiger partial charge in [-0.25, -0.2) is 0 Å². The van der Waals surface area contributed by atoms with Gasteiger partial charge in [0.05, 0.1) is 0 Å². The van der Waals surface area contributed by atoms with Gasteiger partial charge in [-0.2, -0.15) is 0 Å². The lowest BCUT2D eigenvalue weighted by atomic mass is 9.72. The SMILES string of the molecule is C=C[C@H]1C[C@H]2C=CC(=O)[C@H]2[C@@]1(C)CO[Si](c1ccccc1)(c1ccccc1)C(C)(C)C. The number of benzene rings is 2. The molecule has 0 aromatic heterocycles. The third-order valence-corrected chi connectivity index (χ3v) is 12.6. The Bertz CT molecular complexity index is 934. The van der Waals surface area contributed by atoms with Gasteiger partial charge in [0, 0.05) is 17.9 Å². The first-order valence-corrected chi connectivity index (χ1v) is 13.2. The molecule has 0 N–H and O–H groups in total. The fraction of sp³-hybridized carbons (Fsp3) is 0.393. The highest BCUT2D eigenvalue weighted by Crippen LogP contribution is 2.55. The molecule has 4 atom stereocenters. The maximum Gasteiger partial charge on any atom is 0.261 e. The van der Waals surface area contributed by atoms with E-state index in [2.05, 4.69) is 101 Å². The number of hydrogen-bond donors (Lipinski definition) is 0. The van der Waals surface area contributed by atoms with E-state index in [1.54, 1.807) is 6.08 Å². The zero-order valence-electron chi connectivity index (χ0n) is 19.2. The molecule has 0 saturated heterocycles. The van der Waals surface area contributed by atoms with Gasteiger partial charge in [-0.3, -0.25) is 4.79 Å². The molecule has 3 heteroatoms. The molecular weight excluding hydrogens is 396 g/mol. The molecule has 1 fully saturated rings. The maximum atomic E-state index is 12.8. The molecule has 2 aliphatic carbocycles. The van der Waals surface area contributed by atoms with Gasteiger partial charge in [-0.15, -0.1) is 6.58 Å². The molecule has 2 aromatic carbocycles. The Morgan fingerprint density at radius 1 is 1.06 bits per heavy atom. The van der Waals surface area contributed by atoms with Crippen molar-refractivity contribution >= 4 is 24.5 Å². The highest BCUT2D eigenvalue weighted by atomic mass is 28.4. The van der Waals surface area contributed by atoms with E-state index in [0.29, 0.717) is 12.5 Å². The van der Waals surface area contributed by atoms with Crippen LogP contribution in [0.4, 0.5) is 0 Å². The van der Waals surface area contributed by atoms with Crippen LogP contribution in [-0.4, -0.2) is 20.7 Å². The number of allylic oxidation sites excluding steroid dienone is 3. The predicted octanol–water partition coefficient (Wildman–Crippen LogP) is 5.15. The lowest BCUT2D eigenvalue weighted by Crippen LogP contribution is -2.67. The van der Waals surface area contributed by atoms with Crippen molar-refractivity contribution in [1.82, 2.24) is 0 Å². The second-order valence-corrected chi connectivity index (χ2v) is 14.7. The normalized spacial score (nSPS) is 28.0. The quantitative estimate of drug-likeness (QED) is 0.468. The molecule has 0 radical (unpaired) electrons. The third-order valence-electron chi connectivity index (χ3n) is 7.63. The number of hydrogen-bond acceptors (Lipinski definition) is 2. The molecule has 0 amide bonds. The van der Waals surface area contributed by atoms with Crippen molar-refractivity contribution in [2.45, 2.75) is 39.2 Å². The minimum Gasteiger partial charge on any atom is -0.407 e. The lowest BCUT2D eigenvalue weighted by molar-refractivity contribution is -0.122. The van der Waals surface area contributed by atoms with Crippen LogP contribution in [0.5, 0.6) is 0 Å². The molecular formula is C28H34O2Si. The zero-order valence-corrected chi connectivity index (χ0v) is 20.2. The monoisotopic (exact) mass is 430 g/mol. The Hall–Kier alpha value is -2.23. The molecule has 2 aromatic rings. The third kappa shape index (κ3) is 3.48. The summed E-state index contributed by atoms with van der Waals surface area (Å²) in [5.74, 6) is 0.828. The number of ketones is 1. The van der Waals surface area contributed by atoms with Crippen LogP contribution in [0.1, 0.15) is 34.1 Å². The molecule has 2 nitrogen and oxygen atoms in total. The standard InChI is InChI=1S/C28H34O2Si/c1-6-22-19-21-17-18-25(29)26(21)28(22,5)20-30-31(27(2,3)4,23-13-9-7-10-14-23)24-15-11-8-12-16-24/h6-18,21-22,26H,1,19-20H2,2-5H3/t21-,22+,26+,28+/m1/s1. The fourth-order valence-corrected chi connectivity index (χ4v) is 10.7. The Labute approximate surface area is 188 Å². The second-order valence-electron chi connectivity index (χ2n) is 10.4. The van der Waals surface area contributed by atoms with Gasteiger partial charge in [-0.05, 0) is 39.7 Å². The van der Waals surface area contributed by atoms with Gasteiger partial charge < -0.3 is 4.43 Å². The molecule has 0 spiro atoms. The van der Waals surface area contributed by atoms with Crippen molar-refractivity contribution in [3.8, 4) is 0 Å². The molecule has 162 valence electrons. The molecule has 0 unspecified atom stereocenters. The van der Waals surface area contributed by atoms with Crippen molar-refractivity contribution < 1.29 is 9.22 Å². The van der Waals surface area contributed by atoms with E-state index in [4.69, 9.17) is 4.43 Å². The van der Waals surface area contributed by atoms with Crippen LogP contribution in [0.3, 0.4) is 0 Å². The summed E-state index contributed by atoms with van der Waals surface area (Å²) in [5.41, 5.74) is -0.250. The summed E-state index contributed by atoms with van der Waals surface area (Å²) in [6, 6.07) is 21.5. The van der Waals surface area contributed by atoms with E-state index in [0.717, 1.165) is 6.42 Å². The summed E-state index contributed by atoms with van der Waals surface area (Å²) in [5, 5.41) is 2.47. The molecule has 31 heavy (non-hydrogen) atoms. The van der Waals surface area contributed by atoms with E-state index < -0.39 is 8.32 Å². The van der Waals surface area contributed by atoms with Crippen LogP contribution in [-0.2, 0) is 9.22 Å². The first-order chi connectivity index (χ1) is 14.7. The van der Waals surface area contributed by atoms with Crippen LogP contribution < -0.4 is 10.4 Å². The minimum absolute atomic E-state index is 0.00582. The first-order valence-electron chi connectivity index (χ1n) is 11.3. The number of carbonyl (C=O) groups is 1. The zero-order chi connectivity index (χ0) is 22.3. The van der Waals surface area contributed by atoms with Crippen LogP contribution in [0.2, 0.25) is 5.04 Å². The van der Waals surface area contributed by atoms with Crippen molar-refractivity contribution in [3.05, 3.63) is 85.5 Å². The molecule has 0 heterocycles. The van der Waals surface area contributed by atoms with Gasteiger partial charge in [0.25, 0.3) is 8.32 Å². The summed E-state index contributed by atoms with van der Waals surface area (Å²) in [6.45, 7) is 13.8. The number of carbonyl (C=O) groups excluding carboxylic acids is 1. The molecule has 2 aliphatic rings. The lowest BCUT2D eigenvalue weighted by Gasteiger charge is -2.46. The second kappa shape index (κ2) is 8.03. The van der Waals surface area contributed by atoms with E-state index in [-0.39, 0.29) is 28.1 Å². The summed E-state index contributed by atoms with van der Waals surface area (Å²) < 4.78 is 7.25. The molecule has 4 rings (SSSR count). The molecule has 0 aliphatic heterocycles. The smallest absolute Gasteiger partial charge is 0.261 e. The number of rotatable bonds is 6. The van der Waals surface area contributed by atoms with Crippen LogP contribution in [0.15, 0.2) is 85.5 Å². The Morgan fingerprint density at radius 2 is 1.61 bits per heavy atom. The van der Waals surface area contributed by atoms with Gasteiger partial charge in [0.15, 0.2) is 5.78 Å². The number of fused-ring (bicyclic) bond motifs is 1. The van der Waals surface area contributed by atoms with Crippen molar-refractivity contribution in [2.75, 3.05) is 6.61 Å². The average molecular weight is 431 g/mol. The minimum atomic E-state index is -2.64. The Balaban J connectivity index is 1.80. The summed E-state index contributed by atoms with van der Waals surface area (Å²) in [6.07, 6.45) is 6.93. The van der Waals surface area contributed by atoms with Gasteiger partial charge in [-0.1, -0.05) is 101 Å². The summed E-state index contributed by atoms with van der Waals surface area (Å²) >= 11 is 0. The van der Waals surface area contributed by atoms with Crippen molar-refractivity contribution in [2.24, 2.45) is 23.2 Å². The van der Waals surface area contributed by atoms with Crippen LogP contribution >= 0.6 is 0 Å². The summed E-state index contributed by atoms with van der Waals surface area (Å²) in [7, 11) is -2.64. The van der Waals surface area contributed by atoms with Gasteiger partial charge >= 0.3 is 0 Å². The van der Waals surface area contributed by atoms with E-state index >= 15 is 0 Å². The Kier molecular flexibility index (Phi) is 5.69. The van der Waals surface area contributed by atoms with E-state index in [1.807, 2.05) is 6.08 Å². The van der Waals surface area contributed by atoms with E-state index in [1.165, 1.54) is 10.4 Å².